The molecule has 3 rings (SSSR count). The predicted molar refractivity (Wildman–Crippen MR) is 97.9 cm³/mol. The zero-order valence-electron chi connectivity index (χ0n) is 13.9. The molecular weight excluding hydrogens is 316 g/mol. The van der Waals surface area contributed by atoms with Crippen LogP contribution in [0.2, 0.25) is 0 Å². The van der Waals surface area contributed by atoms with Gasteiger partial charge in [0.25, 0.3) is 0 Å². The van der Waals surface area contributed by atoms with E-state index in [2.05, 4.69) is 20.6 Å². The summed E-state index contributed by atoms with van der Waals surface area (Å²) in [5.41, 5.74) is 3.44. The van der Waals surface area contributed by atoms with Crippen molar-refractivity contribution >= 4 is 29.1 Å². The molecule has 6 heteroatoms. The first kappa shape index (κ1) is 16.4. The Morgan fingerprint density at radius 2 is 1.60 bits per heavy atom. The minimum Gasteiger partial charge on any atom is -0.478 e. The summed E-state index contributed by atoms with van der Waals surface area (Å²) in [5.74, 6) is -0.0194. The Morgan fingerprint density at radius 1 is 0.920 bits per heavy atom. The third-order valence-electron chi connectivity index (χ3n) is 3.67. The highest BCUT2D eigenvalue weighted by Gasteiger charge is 2.11. The number of rotatable bonds is 5. The van der Waals surface area contributed by atoms with Crippen LogP contribution in [0.5, 0.6) is 0 Å². The van der Waals surface area contributed by atoms with Crippen molar-refractivity contribution in [3.8, 4) is 0 Å². The summed E-state index contributed by atoms with van der Waals surface area (Å²) in [6, 6.07) is 16.3. The molecule has 0 saturated heterocycles. The molecule has 1 heterocycles. The lowest BCUT2D eigenvalue weighted by Gasteiger charge is -2.12. The molecule has 1 aromatic heterocycles. The Bertz CT molecular complexity index is 925. The van der Waals surface area contributed by atoms with Gasteiger partial charge in [-0.2, -0.15) is 4.98 Å². The van der Waals surface area contributed by atoms with Crippen LogP contribution >= 0.6 is 0 Å². The van der Waals surface area contributed by atoms with Gasteiger partial charge in [-0.05, 0) is 37.6 Å². The largest absolute Gasteiger partial charge is 0.478 e. The van der Waals surface area contributed by atoms with Gasteiger partial charge in [0.2, 0.25) is 5.95 Å². The van der Waals surface area contributed by atoms with E-state index in [0.717, 1.165) is 16.9 Å². The highest BCUT2D eigenvalue weighted by molar-refractivity contribution is 5.95. The van der Waals surface area contributed by atoms with Crippen LogP contribution in [0.15, 0.2) is 54.6 Å². The Labute approximate surface area is 145 Å². The topological polar surface area (TPSA) is 87.1 Å². The van der Waals surface area contributed by atoms with Crippen LogP contribution in [0.1, 0.15) is 21.6 Å². The highest BCUT2D eigenvalue weighted by Crippen LogP contribution is 2.23. The number of carboxylic acid groups (broad SMARTS) is 1. The third kappa shape index (κ3) is 3.92. The van der Waals surface area contributed by atoms with Gasteiger partial charge < -0.3 is 15.7 Å². The van der Waals surface area contributed by atoms with E-state index in [1.54, 1.807) is 30.3 Å². The molecule has 126 valence electrons. The quantitative estimate of drug-likeness (QED) is 0.645. The molecule has 0 aliphatic carbocycles. The molecule has 0 atom stereocenters. The lowest BCUT2D eigenvalue weighted by molar-refractivity contribution is 0.0698. The van der Waals surface area contributed by atoms with E-state index in [9.17, 15) is 9.90 Å². The smallest absolute Gasteiger partial charge is 0.337 e. The van der Waals surface area contributed by atoms with Crippen LogP contribution < -0.4 is 10.6 Å². The Hall–Kier alpha value is -3.41. The van der Waals surface area contributed by atoms with Crippen LogP contribution in [-0.4, -0.2) is 21.0 Å². The summed E-state index contributed by atoms with van der Waals surface area (Å²) < 4.78 is 0. The molecule has 0 bridgehead atoms. The molecule has 2 aromatic carbocycles. The van der Waals surface area contributed by atoms with Crippen molar-refractivity contribution in [3.63, 3.8) is 0 Å². The molecule has 0 fully saturated rings. The van der Waals surface area contributed by atoms with Gasteiger partial charge >= 0.3 is 5.97 Å². The molecule has 0 saturated carbocycles. The molecule has 0 radical (unpaired) electrons. The number of aromatic carboxylic acids is 1. The fraction of sp³-hybridized carbons (Fsp3) is 0.105. The fourth-order valence-corrected chi connectivity index (χ4v) is 2.44. The molecular formula is C19H18N4O2. The van der Waals surface area contributed by atoms with Crippen molar-refractivity contribution in [2.45, 2.75) is 13.8 Å². The van der Waals surface area contributed by atoms with Crippen molar-refractivity contribution in [2.75, 3.05) is 10.6 Å². The summed E-state index contributed by atoms with van der Waals surface area (Å²) in [4.78, 5) is 20.2. The van der Waals surface area contributed by atoms with Gasteiger partial charge in [0.1, 0.15) is 5.82 Å². The average molecular weight is 334 g/mol. The number of hydrogen-bond acceptors (Lipinski definition) is 5. The molecule has 3 N–H and O–H groups in total. The van der Waals surface area contributed by atoms with E-state index >= 15 is 0 Å². The summed E-state index contributed by atoms with van der Waals surface area (Å²) >= 11 is 0. The number of nitrogens with one attached hydrogen (secondary N) is 2. The van der Waals surface area contributed by atoms with Gasteiger partial charge in [-0.25, -0.2) is 9.78 Å². The molecule has 6 nitrogen and oxygen atoms in total. The van der Waals surface area contributed by atoms with Crippen molar-refractivity contribution in [1.82, 2.24) is 9.97 Å². The Balaban J connectivity index is 1.90. The molecule has 0 amide bonds. The zero-order valence-corrected chi connectivity index (χ0v) is 13.9. The molecule has 0 aliphatic rings. The number of anilines is 4. The third-order valence-corrected chi connectivity index (χ3v) is 3.67. The van der Waals surface area contributed by atoms with E-state index in [-0.39, 0.29) is 5.56 Å². The first-order chi connectivity index (χ1) is 12.0. The van der Waals surface area contributed by atoms with Gasteiger partial charge in [-0.3, -0.25) is 0 Å². The van der Waals surface area contributed by atoms with Crippen molar-refractivity contribution in [1.29, 1.82) is 0 Å². The van der Waals surface area contributed by atoms with Crippen LogP contribution in [0, 0.1) is 13.8 Å². The summed E-state index contributed by atoms with van der Waals surface area (Å²) in [6.45, 7) is 3.86. The number of aryl methyl sites for hydroxylation is 2. The van der Waals surface area contributed by atoms with Gasteiger partial charge in [0.05, 0.1) is 11.3 Å². The minimum atomic E-state index is -0.993. The summed E-state index contributed by atoms with van der Waals surface area (Å²) in [7, 11) is 0. The van der Waals surface area contributed by atoms with Crippen molar-refractivity contribution < 1.29 is 9.90 Å². The van der Waals surface area contributed by atoms with Gasteiger partial charge in [-0.1, -0.05) is 30.3 Å². The van der Waals surface area contributed by atoms with Crippen LogP contribution in [-0.2, 0) is 0 Å². The van der Waals surface area contributed by atoms with Crippen LogP contribution in [0.3, 0.4) is 0 Å². The maximum atomic E-state index is 11.3. The minimum absolute atomic E-state index is 0.187. The van der Waals surface area contributed by atoms with Gasteiger partial charge in [0, 0.05) is 17.4 Å². The number of carbonyl (C=O) groups is 1. The van der Waals surface area contributed by atoms with E-state index in [1.165, 1.54) is 0 Å². The second-order valence-corrected chi connectivity index (χ2v) is 5.63. The zero-order chi connectivity index (χ0) is 17.8. The number of hydrogen-bond donors (Lipinski definition) is 3. The van der Waals surface area contributed by atoms with Gasteiger partial charge in [-0.15, -0.1) is 0 Å². The summed E-state index contributed by atoms with van der Waals surface area (Å²) in [6.07, 6.45) is 0. The lowest BCUT2D eigenvalue weighted by Crippen LogP contribution is -2.06. The maximum absolute atomic E-state index is 11.3. The second kappa shape index (κ2) is 7.00. The highest BCUT2D eigenvalue weighted by atomic mass is 16.4. The van der Waals surface area contributed by atoms with Crippen LogP contribution in [0.25, 0.3) is 0 Å². The van der Waals surface area contributed by atoms with E-state index in [1.807, 2.05) is 38.1 Å². The first-order valence-corrected chi connectivity index (χ1v) is 7.80. The van der Waals surface area contributed by atoms with Crippen molar-refractivity contribution in [2.24, 2.45) is 0 Å². The molecule has 0 aliphatic heterocycles. The average Bonchev–Trinajstić information content (AvgIpc) is 2.57. The fourth-order valence-electron chi connectivity index (χ4n) is 2.44. The molecule has 25 heavy (non-hydrogen) atoms. The second-order valence-electron chi connectivity index (χ2n) is 5.63. The van der Waals surface area contributed by atoms with Gasteiger partial charge in [0.15, 0.2) is 0 Å². The Kier molecular flexibility index (Phi) is 4.61. The number of para-hydroxylation sites is 2. The normalized spacial score (nSPS) is 10.3. The van der Waals surface area contributed by atoms with E-state index in [0.29, 0.717) is 17.5 Å². The first-order valence-electron chi connectivity index (χ1n) is 7.80. The van der Waals surface area contributed by atoms with Crippen LogP contribution in [0.4, 0.5) is 23.1 Å². The maximum Gasteiger partial charge on any atom is 0.337 e. The van der Waals surface area contributed by atoms with E-state index in [4.69, 9.17) is 0 Å². The molecule has 0 unspecified atom stereocenters. The monoisotopic (exact) mass is 334 g/mol. The molecule has 3 aromatic rings. The Morgan fingerprint density at radius 3 is 2.32 bits per heavy atom. The number of aromatic nitrogens is 2. The number of nitrogens with zero attached hydrogens (tertiary/aromatic N) is 2. The number of benzene rings is 2. The van der Waals surface area contributed by atoms with E-state index < -0.39 is 5.97 Å². The molecule has 0 spiro atoms. The summed E-state index contributed by atoms with van der Waals surface area (Å²) in [5, 5.41) is 15.6. The standard InChI is InChI=1S/C19H18N4O2/c1-12-7-3-5-9-15(12)22-19-20-13(2)11-17(23-19)21-16-10-6-4-8-14(16)18(24)25/h3-11H,1-2H3,(H,24,25)(H2,20,21,22,23). The lowest BCUT2D eigenvalue weighted by atomic mass is 10.2. The number of carboxylic acids is 1. The SMILES string of the molecule is Cc1cc(Nc2ccccc2C(=O)O)nc(Nc2ccccc2C)n1. The van der Waals surface area contributed by atoms with Crippen molar-refractivity contribution in [3.05, 3.63) is 71.4 Å². The predicted octanol–water partition coefficient (Wildman–Crippen LogP) is 4.28.